The molecule has 0 aromatic heterocycles. The topological polar surface area (TPSA) is 0 Å². The molecule has 2 aliphatic rings. The fourth-order valence-electron chi connectivity index (χ4n) is 4.12. The van der Waals surface area contributed by atoms with E-state index in [0.717, 1.165) is 5.92 Å². The predicted molar refractivity (Wildman–Crippen MR) is 88.1 cm³/mol. The second-order valence-electron chi connectivity index (χ2n) is 5.72. The van der Waals surface area contributed by atoms with Crippen molar-refractivity contribution in [3.8, 4) is 0 Å². The largest absolute Gasteiger partial charge is 0.0871 e. The van der Waals surface area contributed by atoms with Gasteiger partial charge in [-0.25, -0.2) is 0 Å². The first-order chi connectivity index (χ1) is 8.19. The normalized spacial score (nSPS) is 27.5. The molecule has 1 saturated carbocycles. The highest BCUT2D eigenvalue weighted by atomic mass is 14.2. The van der Waals surface area contributed by atoms with Crippen LogP contribution in [0.25, 0.3) is 0 Å². The van der Waals surface area contributed by atoms with Gasteiger partial charge in [0.2, 0.25) is 0 Å². The van der Waals surface area contributed by atoms with Gasteiger partial charge in [0.1, 0.15) is 0 Å². The first-order valence-corrected chi connectivity index (χ1v) is 6.80. The van der Waals surface area contributed by atoms with Gasteiger partial charge in [0.15, 0.2) is 0 Å². The van der Waals surface area contributed by atoms with Crippen LogP contribution in [0.5, 0.6) is 0 Å². The fourth-order valence-corrected chi connectivity index (χ4v) is 4.12. The molecule has 0 nitrogen and oxygen atoms in total. The molecule has 0 aromatic rings. The molecule has 0 N–H and O–H groups in total. The van der Waals surface area contributed by atoms with Gasteiger partial charge in [-0.1, -0.05) is 43.7 Å². The molecule has 17 heavy (non-hydrogen) atoms. The maximum Gasteiger partial charge on any atom is 0.0586 e. The molecule has 1 aliphatic carbocycles. The van der Waals surface area contributed by atoms with Crippen LogP contribution in [-0.4, -0.2) is 70.8 Å². The Labute approximate surface area is 115 Å². The summed E-state index contributed by atoms with van der Waals surface area (Å²) in [6.45, 7) is 0.822. The molecule has 2 rings (SSSR count). The summed E-state index contributed by atoms with van der Waals surface area (Å²) in [5, 5.41) is 0. The van der Waals surface area contributed by atoms with Crippen molar-refractivity contribution in [2.24, 2.45) is 5.92 Å². The van der Waals surface area contributed by atoms with Crippen molar-refractivity contribution >= 4 is 70.8 Å². The van der Waals surface area contributed by atoms with Gasteiger partial charge >= 0.3 is 0 Å². The van der Waals surface area contributed by atoms with Gasteiger partial charge < -0.3 is 0 Å². The van der Waals surface area contributed by atoms with Crippen molar-refractivity contribution in [2.45, 2.75) is 37.8 Å². The third-order valence-electron chi connectivity index (χ3n) is 4.91. The zero-order chi connectivity index (χ0) is 12.4. The van der Waals surface area contributed by atoms with E-state index in [1.165, 1.54) is 32.0 Å². The van der Waals surface area contributed by atoms with E-state index in [1.54, 1.807) is 14.1 Å². The van der Waals surface area contributed by atoms with Crippen LogP contribution < -0.4 is 0 Å². The third-order valence-corrected chi connectivity index (χ3v) is 4.91. The summed E-state index contributed by atoms with van der Waals surface area (Å²) in [6.07, 6.45) is 6.37. The van der Waals surface area contributed by atoms with E-state index in [0.29, 0.717) is 18.8 Å². The lowest BCUT2D eigenvalue weighted by atomic mass is 8.63. The standard InChI is InChI=1S/C7H12B10/c8-12-16(10)14-5-6-3-1-2-4-7(6)15(14)17(11)13-9/h6-7H,1-5H2. The van der Waals surface area contributed by atoms with Crippen LogP contribution in [0.15, 0.2) is 0 Å². The quantitative estimate of drug-likeness (QED) is 0.498. The van der Waals surface area contributed by atoms with Crippen molar-refractivity contribution in [1.82, 2.24) is 0 Å². The first kappa shape index (κ1) is 14.1. The van der Waals surface area contributed by atoms with E-state index < -0.39 is 0 Å². The van der Waals surface area contributed by atoms with Gasteiger partial charge in [0.05, 0.1) is 13.0 Å². The molecule has 10 radical (unpaired) electrons. The van der Waals surface area contributed by atoms with Gasteiger partial charge in [-0.05, 0) is 0 Å². The smallest absolute Gasteiger partial charge is 0.0586 e. The van der Waals surface area contributed by atoms with Crippen LogP contribution in [0.2, 0.25) is 12.1 Å². The maximum atomic E-state index is 6.18. The van der Waals surface area contributed by atoms with E-state index >= 15 is 0 Å². The van der Waals surface area contributed by atoms with Crippen molar-refractivity contribution in [3.63, 3.8) is 0 Å². The number of rotatable bonds is 4. The summed E-state index contributed by atoms with van der Waals surface area (Å²) in [5.41, 5.74) is 0. The lowest BCUT2D eigenvalue weighted by Crippen LogP contribution is -2.60. The van der Waals surface area contributed by atoms with E-state index in [9.17, 15) is 0 Å². The van der Waals surface area contributed by atoms with E-state index in [-0.39, 0.29) is 12.8 Å². The molecule has 1 saturated heterocycles. The zero-order valence-corrected chi connectivity index (χ0v) is 10.5. The summed E-state index contributed by atoms with van der Waals surface area (Å²) in [7, 11) is 26.8. The molecule has 2 fully saturated rings. The molecule has 2 unspecified atom stereocenters. The number of hydrogen-bond donors (Lipinski definition) is 0. The SMILES string of the molecule is [B][B]B([B])B1CC2CCCCC2B1B([B])[B][B]. The highest BCUT2D eigenvalue weighted by Crippen LogP contribution is 2.46. The van der Waals surface area contributed by atoms with E-state index in [4.69, 9.17) is 30.9 Å². The van der Waals surface area contributed by atoms with Crippen LogP contribution in [0.4, 0.5) is 0 Å². The summed E-state index contributed by atoms with van der Waals surface area (Å²) in [4.78, 5) is 0. The minimum atomic E-state index is -0.0448. The zero-order valence-electron chi connectivity index (χ0n) is 10.5. The first-order valence-electron chi connectivity index (χ1n) is 6.80. The molecular formula is C7H12B10. The summed E-state index contributed by atoms with van der Waals surface area (Å²) >= 11 is 0. The van der Waals surface area contributed by atoms with E-state index in [2.05, 4.69) is 0 Å². The van der Waals surface area contributed by atoms with E-state index in [1.807, 2.05) is 0 Å². The van der Waals surface area contributed by atoms with Gasteiger partial charge in [-0.3, -0.25) is 0 Å². The average Bonchev–Trinajstić information content (AvgIpc) is 2.76. The van der Waals surface area contributed by atoms with Crippen LogP contribution >= 0.6 is 0 Å². The molecule has 0 aromatic carbocycles. The predicted octanol–water partition coefficient (Wildman–Crippen LogP) is -1.33. The second kappa shape index (κ2) is 6.20. The van der Waals surface area contributed by atoms with Crippen molar-refractivity contribution in [1.29, 1.82) is 0 Å². The molecule has 0 spiro atoms. The van der Waals surface area contributed by atoms with Crippen molar-refractivity contribution < 1.29 is 0 Å². The molecule has 70 valence electrons. The fraction of sp³-hybridized carbons (Fsp3) is 1.00. The van der Waals surface area contributed by atoms with Gasteiger partial charge in [-0.2, -0.15) is 0 Å². The van der Waals surface area contributed by atoms with Gasteiger partial charge in [0.25, 0.3) is 0 Å². The van der Waals surface area contributed by atoms with Gasteiger partial charge in [0, 0.05) is 57.8 Å². The summed E-state index contributed by atoms with van der Waals surface area (Å²) in [5.74, 6) is 1.49. The Morgan fingerprint density at radius 2 is 1.65 bits per heavy atom. The van der Waals surface area contributed by atoms with Gasteiger partial charge in [-0.15, -0.1) is 0 Å². The molecule has 0 bridgehead atoms. The highest BCUT2D eigenvalue weighted by molar-refractivity contribution is 7.90. The summed E-state index contributed by atoms with van der Waals surface area (Å²) < 4.78 is 0. The average molecular weight is 204 g/mol. The monoisotopic (exact) mass is 206 g/mol. The number of fused-ring (bicyclic) bond motifs is 1. The Morgan fingerprint density at radius 1 is 1.00 bits per heavy atom. The van der Waals surface area contributed by atoms with Crippen LogP contribution in [0.1, 0.15) is 25.7 Å². The molecule has 1 aliphatic heterocycles. The lowest BCUT2D eigenvalue weighted by molar-refractivity contribution is 0.390. The molecule has 1 heterocycles. The minimum Gasteiger partial charge on any atom is -0.0871 e. The molecule has 0 amide bonds. The Bertz CT molecular complexity index is 249. The lowest BCUT2D eigenvalue weighted by Gasteiger charge is -2.32. The highest BCUT2D eigenvalue weighted by Gasteiger charge is 2.49. The maximum absolute atomic E-state index is 6.18. The molecule has 10 heteroatoms. The Kier molecular flexibility index (Phi) is 5.13. The van der Waals surface area contributed by atoms with Crippen LogP contribution in [-0.2, 0) is 0 Å². The van der Waals surface area contributed by atoms with Crippen molar-refractivity contribution in [2.75, 3.05) is 0 Å². The van der Waals surface area contributed by atoms with Crippen LogP contribution in [0, 0.1) is 5.92 Å². The molecular weight excluding hydrogens is 192 g/mol. The van der Waals surface area contributed by atoms with Crippen LogP contribution in [0.3, 0.4) is 0 Å². The molecule has 2 atom stereocenters. The number of hydrogen-bond acceptors (Lipinski definition) is 0. The Morgan fingerprint density at radius 3 is 2.29 bits per heavy atom. The Balaban J connectivity index is 2.14. The summed E-state index contributed by atoms with van der Waals surface area (Å²) in [6, 6.07) is 0. The minimum absolute atomic E-state index is 0.0425. The van der Waals surface area contributed by atoms with Crippen molar-refractivity contribution in [3.05, 3.63) is 0 Å². The Hall–Kier alpha value is 0.649. The second-order valence-corrected chi connectivity index (χ2v) is 5.72. The third kappa shape index (κ3) is 2.81.